The first-order chi connectivity index (χ1) is 11.8. The van der Waals surface area contributed by atoms with Crippen LogP contribution in [0.5, 0.6) is 0 Å². The quantitative estimate of drug-likeness (QED) is 0.704. The third kappa shape index (κ3) is 3.03. The molecule has 0 spiro atoms. The van der Waals surface area contributed by atoms with Crippen molar-refractivity contribution in [2.24, 2.45) is 4.99 Å². The van der Waals surface area contributed by atoms with Crippen molar-refractivity contribution in [3.05, 3.63) is 53.6 Å². The molecule has 0 amide bonds. The van der Waals surface area contributed by atoms with Gasteiger partial charge in [0.05, 0.1) is 11.4 Å². The van der Waals surface area contributed by atoms with Crippen molar-refractivity contribution in [3.63, 3.8) is 0 Å². The molecule has 0 unspecified atom stereocenters. The number of nitrogens with one attached hydrogen (secondary N) is 1. The minimum Gasteiger partial charge on any atom is -0.356 e. The zero-order chi connectivity index (χ0) is 16.4. The number of hydrogen-bond acceptors (Lipinski definition) is 3. The van der Waals surface area contributed by atoms with Gasteiger partial charge in [0.25, 0.3) is 0 Å². The molecule has 3 nitrogen and oxygen atoms in total. The Balaban J connectivity index is 1.81. The highest BCUT2D eigenvalue weighted by Crippen LogP contribution is 2.35. The molecular formula is C21H25N3. The average Bonchev–Trinajstić information content (AvgIpc) is 2.71. The van der Waals surface area contributed by atoms with E-state index in [4.69, 9.17) is 4.99 Å². The first-order valence-corrected chi connectivity index (χ1v) is 9.12. The molecule has 2 aromatic rings. The zero-order valence-electron chi connectivity index (χ0n) is 14.4. The summed E-state index contributed by atoms with van der Waals surface area (Å²) in [6.07, 6.45) is 6.56. The van der Waals surface area contributed by atoms with E-state index in [1.807, 2.05) is 0 Å². The van der Waals surface area contributed by atoms with Gasteiger partial charge >= 0.3 is 0 Å². The number of nitrogens with zero attached hydrogens (tertiary/aromatic N) is 2. The number of aliphatic imine (C=N–C) groups is 1. The fourth-order valence-electron chi connectivity index (χ4n) is 3.65. The topological polar surface area (TPSA) is 27.6 Å². The lowest BCUT2D eigenvalue weighted by molar-refractivity contribution is 0.363. The molecule has 1 fully saturated rings. The monoisotopic (exact) mass is 319 g/mol. The molecular weight excluding hydrogens is 294 g/mol. The van der Waals surface area contributed by atoms with E-state index in [1.54, 1.807) is 0 Å². The molecule has 0 bridgehead atoms. The number of fused-ring (bicyclic) bond motifs is 2. The maximum atomic E-state index is 5.12. The smallest absolute Gasteiger partial charge is 0.138 e. The second-order valence-electron chi connectivity index (χ2n) is 6.88. The summed E-state index contributed by atoms with van der Waals surface area (Å²) in [7, 11) is 0. The van der Waals surface area contributed by atoms with Crippen LogP contribution in [0.15, 0.2) is 47.5 Å². The minimum absolute atomic E-state index is 1.04. The third-order valence-corrected chi connectivity index (χ3v) is 4.97. The predicted octanol–water partition coefficient (Wildman–Crippen LogP) is 5.40. The second-order valence-corrected chi connectivity index (χ2v) is 6.88. The van der Waals surface area contributed by atoms with Gasteiger partial charge < -0.3 is 10.2 Å². The van der Waals surface area contributed by atoms with Crippen LogP contribution in [0.1, 0.15) is 43.2 Å². The van der Waals surface area contributed by atoms with Crippen LogP contribution < -0.4 is 5.32 Å². The largest absolute Gasteiger partial charge is 0.356 e. The summed E-state index contributed by atoms with van der Waals surface area (Å²) in [4.78, 5) is 7.61. The lowest BCUT2D eigenvalue weighted by Gasteiger charge is -2.28. The summed E-state index contributed by atoms with van der Waals surface area (Å²) >= 11 is 0. The Bertz CT molecular complexity index is 755. The van der Waals surface area contributed by atoms with Crippen LogP contribution in [0.3, 0.4) is 0 Å². The van der Waals surface area contributed by atoms with Crippen LogP contribution in [0, 0.1) is 6.92 Å². The first-order valence-electron chi connectivity index (χ1n) is 9.12. The van der Waals surface area contributed by atoms with Crippen LogP contribution in [0.25, 0.3) is 0 Å². The van der Waals surface area contributed by atoms with Gasteiger partial charge in [-0.2, -0.15) is 0 Å². The average molecular weight is 319 g/mol. The molecule has 0 aromatic heterocycles. The highest BCUT2D eigenvalue weighted by Gasteiger charge is 2.21. The zero-order valence-corrected chi connectivity index (χ0v) is 14.4. The normalized spacial score (nSPS) is 17.5. The molecule has 0 aliphatic carbocycles. The molecule has 0 atom stereocenters. The second kappa shape index (κ2) is 6.68. The van der Waals surface area contributed by atoms with Gasteiger partial charge in [-0.25, -0.2) is 4.99 Å². The first kappa shape index (κ1) is 15.3. The molecule has 124 valence electrons. The van der Waals surface area contributed by atoms with Crippen molar-refractivity contribution in [2.45, 2.75) is 39.0 Å². The van der Waals surface area contributed by atoms with Crippen LogP contribution in [-0.4, -0.2) is 23.8 Å². The molecule has 2 aliphatic rings. The number of likely N-dealkylation sites (tertiary alicyclic amines) is 1. The summed E-state index contributed by atoms with van der Waals surface area (Å²) in [5.74, 6) is 1.13. The van der Waals surface area contributed by atoms with Crippen molar-refractivity contribution in [3.8, 4) is 0 Å². The Morgan fingerprint density at radius 1 is 0.875 bits per heavy atom. The lowest BCUT2D eigenvalue weighted by Crippen LogP contribution is -2.34. The third-order valence-electron chi connectivity index (χ3n) is 4.97. The fourth-order valence-corrected chi connectivity index (χ4v) is 3.65. The molecule has 0 radical (unpaired) electrons. The Labute approximate surface area is 144 Å². The van der Waals surface area contributed by atoms with Crippen molar-refractivity contribution in [2.75, 3.05) is 18.4 Å². The van der Waals surface area contributed by atoms with Crippen LogP contribution >= 0.6 is 0 Å². The molecule has 3 heteroatoms. The Morgan fingerprint density at radius 2 is 1.62 bits per heavy atom. The van der Waals surface area contributed by atoms with Gasteiger partial charge in [0.15, 0.2) is 0 Å². The number of hydrogen-bond donors (Lipinski definition) is 1. The van der Waals surface area contributed by atoms with Crippen LogP contribution in [0.2, 0.25) is 0 Å². The molecule has 0 saturated carbocycles. The van der Waals surface area contributed by atoms with E-state index in [-0.39, 0.29) is 0 Å². The van der Waals surface area contributed by atoms with E-state index in [0.29, 0.717) is 0 Å². The van der Waals surface area contributed by atoms with E-state index >= 15 is 0 Å². The molecule has 2 aliphatic heterocycles. The van der Waals surface area contributed by atoms with Crippen molar-refractivity contribution >= 4 is 22.9 Å². The Hall–Kier alpha value is -2.29. The van der Waals surface area contributed by atoms with Crippen molar-refractivity contribution in [1.29, 1.82) is 0 Å². The summed E-state index contributed by atoms with van der Waals surface area (Å²) in [5.41, 5.74) is 5.75. The van der Waals surface area contributed by atoms with Crippen LogP contribution in [-0.2, 0) is 0 Å². The number of rotatable bonds is 0. The number of aryl methyl sites for hydroxylation is 1. The van der Waals surface area contributed by atoms with E-state index in [9.17, 15) is 0 Å². The maximum absolute atomic E-state index is 5.12. The van der Waals surface area contributed by atoms with Gasteiger partial charge in [-0.1, -0.05) is 37.5 Å². The summed E-state index contributed by atoms with van der Waals surface area (Å²) in [5, 5.41) is 3.59. The SMILES string of the molecule is Cc1ccc2c(c1)N=C(N1CCCCCCC1)c1ccccc1N2. The van der Waals surface area contributed by atoms with Gasteiger partial charge in [-0.05, 0) is 49.6 Å². The van der Waals surface area contributed by atoms with Crippen molar-refractivity contribution < 1.29 is 0 Å². The van der Waals surface area contributed by atoms with E-state index < -0.39 is 0 Å². The van der Waals surface area contributed by atoms with E-state index in [1.165, 1.54) is 43.2 Å². The van der Waals surface area contributed by atoms with Crippen LogP contribution in [0.4, 0.5) is 17.1 Å². The van der Waals surface area contributed by atoms with Gasteiger partial charge in [0, 0.05) is 24.3 Å². The van der Waals surface area contributed by atoms with Gasteiger partial charge in [-0.3, -0.25) is 0 Å². The number of benzene rings is 2. The lowest BCUT2D eigenvalue weighted by atomic mass is 10.1. The van der Waals surface area contributed by atoms with Gasteiger partial charge in [0.2, 0.25) is 0 Å². The standard InChI is InChI=1S/C21H25N3/c1-16-11-12-19-20(15-16)23-21(17-9-5-6-10-18(17)22-19)24-13-7-3-2-4-8-14-24/h5-6,9-12,15,22H,2-4,7-8,13-14H2,1H3. The highest BCUT2D eigenvalue weighted by molar-refractivity contribution is 6.07. The van der Waals surface area contributed by atoms with Gasteiger partial charge in [0.1, 0.15) is 5.84 Å². The number of anilines is 2. The minimum atomic E-state index is 1.04. The Kier molecular flexibility index (Phi) is 4.24. The molecule has 2 aromatic carbocycles. The predicted molar refractivity (Wildman–Crippen MR) is 102 cm³/mol. The molecule has 1 N–H and O–H groups in total. The van der Waals surface area contributed by atoms with Crippen molar-refractivity contribution in [1.82, 2.24) is 4.90 Å². The number of para-hydroxylation sites is 1. The van der Waals surface area contributed by atoms with E-state index in [0.717, 1.165) is 36.0 Å². The highest BCUT2D eigenvalue weighted by atomic mass is 15.2. The molecule has 1 saturated heterocycles. The molecule has 4 rings (SSSR count). The summed E-state index contributed by atoms with van der Waals surface area (Å²) in [6.45, 7) is 4.34. The Morgan fingerprint density at radius 3 is 2.46 bits per heavy atom. The fraction of sp³-hybridized carbons (Fsp3) is 0.381. The van der Waals surface area contributed by atoms with E-state index in [2.05, 4.69) is 59.6 Å². The number of amidine groups is 1. The summed E-state index contributed by atoms with van der Waals surface area (Å²) < 4.78 is 0. The summed E-state index contributed by atoms with van der Waals surface area (Å²) in [6, 6.07) is 15.0. The molecule has 24 heavy (non-hydrogen) atoms. The molecule has 2 heterocycles. The van der Waals surface area contributed by atoms with Gasteiger partial charge in [-0.15, -0.1) is 0 Å². The maximum Gasteiger partial charge on any atom is 0.138 e.